The van der Waals surface area contributed by atoms with Crippen LogP contribution in [0.5, 0.6) is 5.75 Å². The number of aryl methyl sites for hydroxylation is 1. The number of hydrogen-bond acceptors (Lipinski definition) is 2. The molecule has 100 valence electrons. The molecule has 1 atom stereocenters. The van der Waals surface area contributed by atoms with Gasteiger partial charge in [-0.2, -0.15) is 5.26 Å². The van der Waals surface area contributed by atoms with Gasteiger partial charge >= 0.3 is 0 Å². The summed E-state index contributed by atoms with van der Waals surface area (Å²) in [4.78, 5) is 0. The monoisotopic (exact) mass is 255 g/mol. The van der Waals surface area contributed by atoms with Crippen LogP contribution in [-0.4, -0.2) is 7.11 Å². The van der Waals surface area contributed by atoms with E-state index < -0.39 is 0 Å². The molecule has 2 nitrogen and oxygen atoms in total. The summed E-state index contributed by atoms with van der Waals surface area (Å²) in [6, 6.07) is 8.85. The van der Waals surface area contributed by atoms with Gasteiger partial charge in [0.05, 0.1) is 13.2 Å². The molecular formula is C17H21NO. The molecule has 1 fully saturated rings. The molecule has 0 aromatic heterocycles. The first kappa shape index (κ1) is 12.5. The van der Waals surface area contributed by atoms with Crippen molar-refractivity contribution in [2.75, 3.05) is 7.11 Å². The molecular weight excluding hydrogens is 234 g/mol. The van der Waals surface area contributed by atoms with E-state index in [0.29, 0.717) is 17.8 Å². The number of rotatable bonds is 2. The van der Waals surface area contributed by atoms with Crippen molar-refractivity contribution in [2.45, 2.75) is 50.9 Å². The van der Waals surface area contributed by atoms with Gasteiger partial charge in [0.15, 0.2) is 0 Å². The third-order valence-electron chi connectivity index (χ3n) is 5.25. The van der Waals surface area contributed by atoms with Crippen molar-refractivity contribution < 1.29 is 4.74 Å². The normalized spacial score (nSPS) is 23.9. The fourth-order valence-corrected chi connectivity index (χ4v) is 4.24. The number of nitriles is 1. The van der Waals surface area contributed by atoms with E-state index in [1.807, 2.05) is 0 Å². The van der Waals surface area contributed by atoms with Crippen molar-refractivity contribution in [3.8, 4) is 11.8 Å². The highest BCUT2D eigenvalue weighted by Gasteiger charge is 2.44. The minimum absolute atomic E-state index is 0.398. The first-order valence-electron chi connectivity index (χ1n) is 7.33. The van der Waals surface area contributed by atoms with Crippen LogP contribution in [0.15, 0.2) is 18.2 Å². The Bertz CT molecular complexity index is 508. The summed E-state index contributed by atoms with van der Waals surface area (Å²) in [7, 11) is 1.72. The molecule has 0 aliphatic heterocycles. The van der Waals surface area contributed by atoms with Crippen LogP contribution in [-0.2, 0) is 6.42 Å². The summed E-state index contributed by atoms with van der Waals surface area (Å²) >= 11 is 0. The summed E-state index contributed by atoms with van der Waals surface area (Å²) in [6.07, 6.45) is 8.36. The highest BCUT2D eigenvalue weighted by molar-refractivity contribution is 5.41. The van der Waals surface area contributed by atoms with Crippen LogP contribution in [0.3, 0.4) is 0 Å². The van der Waals surface area contributed by atoms with Gasteiger partial charge in [-0.15, -0.1) is 0 Å². The van der Waals surface area contributed by atoms with E-state index >= 15 is 0 Å². The lowest BCUT2D eigenvalue weighted by atomic mass is 9.62. The van der Waals surface area contributed by atoms with Gasteiger partial charge in [-0.3, -0.25) is 0 Å². The molecule has 0 saturated heterocycles. The molecule has 1 saturated carbocycles. The molecule has 1 aromatic rings. The molecule has 3 rings (SSSR count). The Labute approximate surface area is 115 Å². The highest BCUT2D eigenvalue weighted by Crippen LogP contribution is 2.56. The SMILES string of the molecule is COc1ccc2c(c1)C(CC#N)C1(CCCC1)CC2. The average molecular weight is 255 g/mol. The quantitative estimate of drug-likeness (QED) is 0.793. The van der Waals surface area contributed by atoms with Crippen LogP contribution in [0, 0.1) is 16.7 Å². The second-order valence-corrected chi connectivity index (χ2v) is 6.05. The van der Waals surface area contributed by atoms with Crippen LogP contribution in [0.4, 0.5) is 0 Å². The minimum atomic E-state index is 0.398. The molecule has 1 unspecified atom stereocenters. The van der Waals surface area contributed by atoms with E-state index in [2.05, 4.69) is 24.3 Å². The van der Waals surface area contributed by atoms with Crippen molar-refractivity contribution in [1.82, 2.24) is 0 Å². The number of nitrogens with zero attached hydrogens (tertiary/aromatic N) is 1. The summed E-state index contributed by atoms with van der Waals surface area (Å²) in [6.45, 7) is 0. The van der Waals surface area contributed by atoms with Gasteiger partial charge in [0.2, 0.25) is 0 Å². The zero-order valence-electron chi connectivity index (χ0n) is 11.6. The predicted octanol–water partition coefficient (Wildman–Crippen LogP) is 4.20. The van der Waals surface area contributed by atoms with Gasteiger partial charge in [-0.05, 0) is 54.4 Å². The van der Waals surface area contributed by atoms with Crippen LogP contribution >= 0.6 is 0 Å². The zero-order chi connectivity index (χ0) is 13.3. The number of ether oxygens (including phenoxy) is 1. The molecule has 0 heterocycles. The Kier molecular flexibility index (Phi) is 3.22. The van der Waals surface area contributed by atoms with E-state index in [1.54, 1.807) is 7.11 Å². The van der Waals surface area contributed by atoms with Crippen molar-refractivity contribution in [3.05, 3.63) is 29.3 Å². The molecule has 0 radical (unpaired) electrons. The van der Waals surface area contributed by atoms with Crippen LogP contribution in [0.25, 0.3) is 0 Å². The third-order valence-corrected chi connectivity index (χ3v) is 5.25. The van der Waals surface area contributed by atoms with E-state index in [-0.39, 0.29) is 0 Å². The van der Waals surface area contributed by atoms with E-state index in [9.17, 15) is 5.26 Å². The van der Waals surface area contributed by atoms with Gasteiger partial charge in [-0.25, -0.2) is 0 Å². The number of methoxy groups -OCH3 is 1. The predicted molar refractivity (Wildman–Crippen MR) is 75.2 cm³/mol. The Morgan fingerprint density at radius 3 is 2.79 bits per heavy atom. The molecule has 0 bridgehead atoms. The zero-order valence-corrected chi connectivity index (χ0v) is 11.6. The van der Waals surface area contributed by atoms with E-state index in [4.69, 9.17) is 4.74 Å². The molecule has 2 heteroatoms. The summed E-state index contributed by atoms with van der Waals surface area (Å²) < 4.78 is 5.37. The summed E-state index contributed by atoms with van der Waals surface area (Å²) in [5.41, 5.74) is 3.21. The smallest absolute Gasteiger partial charge is 0.119 e. The number of benzene rings is 1. The lowest BCUT2D eigenvalue weighted by Gasteiger charge is -2.42. The first-order chi connectivity index (χ1) is 9.29. The maximum atomic E-state index is 9.23. The second kappa shape index (κ2) is 4.89. The maximum Gasteiger partial charge on any atom is 0.119 e. The first-order valence-corrected chi connectivity index (χ1v) is 7.33. The van der Waals surface area contributed by atoms with Crippen molar-refractivity contribution >= 4 is 0 Å². The third kappa shape index (κ3) is 2.02. The molecule has 1 aromatic carbocycles. The van der Waals surface area contributed by atoms with Crippen molar-refractivity contribution in [2.24, 2.45) is 5.41 Å². The lowest BCUT2D eigenvalue weighted by molar-refractivity contribution is 0.195. The molecule has 2 aliphatic carbocycles. The molecule has 1 spiro atoms. The van der Waals surface area contributed by atoms with Gasteiger partial charge in [-0.1, -0.05) is 18.9 Å². The Hall–Kier alpha value is -1.49. The number of fused-ring (bicyclic) bond motifs is 1. The van der Waals surface area contributed by atoms with E-state index in [1.165, 1.54) is 49.7 Å². The van der Waals surface area contributed by atoms with Crippen LogP contribution in [0.1, 0.15) is 55.6 Å². The van der Waals surface area contributed by atoms with Gasteiger partial charge < -0.3 is 4.74 Å². The molecule has 0 amide bonds. The lowest BCUT2D eigenvalue weighted by Crippen LogP contribution is -2.31. The van der Waals surface area contributed by atoms with Crippen LogP contribution < -0.4 is 4.74 Å². The topological polar surface area (TPSA) is 33.0 Å². The van der Waals surface area contributed by atoms with E-state index in [0.717, 1.165) is 5.75 Å². The average Bonchev–Trinajstić information content (AvgIpc) is 2.91. The minimum Gasteiger partial charge on any atom is -0.497 e. The Balaban J connectivity index is 2.04. The van der Waals surface area contributed by atoms with Crippen molar-refractivity contribution in [3.63, 3.8) is 0 Å². The maximum absolute atomic E-state index is 9.23. The number of hydrogen-bond donors (Lipinski definition) is 0. The highest BCUT2D eigenvalue weighted by atomic mass is 16.5. The van der Waals surface area contributed by atoms with Crippen molar-refractivity contribution in [1.29, 1.82) is 5.26 Å². The van der Waals surface area contributed by atoms with Crippen LogP contribution in [0.2, 0.25) is 0 Å². The Morgan fingerprint density at radius 2 is 2.11 bits per heavy atom. The molecule has 2 aliphatic rings. The summed E-state index contributed by atoms with van der Waals surface area (Å²) in [5, 5.41) is 9.23. The van der Waals surface area contributed by atoms with Gasteiger partial charge in [0.1, 0.15) is 5.75 Å². The fraction of sp³-hybridized carbons (Fsp3) is 0.588. The summed E-state index contributed by atoms with van der Waals surface area (Å²) in [5.74, 6) is 1.34. The second-order valence-electron chi connectivity index (χ2n) is 6.05. The van der Waals surface area contributed by atoms with Gasteiger partial charge in [0, 0.05) is 12.3 Å². The largest absolute Gasteiger partial charge is 0.497 e. The molecule has 0 N–H and O–H groups in total. The fourth-order valence-electron chi connectivity index (χ4n) is 4.24. The Morgan fingerprint density at radius 1 is 1.32 bits per heavy atom. The molecule has 19 heavy (non-hydrogen) atoms. The van der Waals surface area contributed by atoms with Gasteiger partial charge in [0.25, 0.3) is 0 Å². The standard InChI is InChI=1S/C17H21NO/c1-19-14-5-4-13-6-10-17(8-2-3-9-17)16(7-11-18)15(13)12-14/h4-5,12,16H,2-3,6-10H2,1H3.